The summed E-state index contributed by atoms with van der Waals surface area (Å²) in [5.74, 6) is -1.59. The van der Waals surface area contributed by atoms with Crippen LogP contribution < -0.4 is 0 Å². The first-order valence-electron chi connectivity index (χ1n) is 3.78. The van der Waals surface area contributed by atoms with Crippen LogP contribution in [0.2, 0.25) is 0 Å². The molecule has 0 fully saturated rings. The second-order valence-electron chi connectivity index (χ2n) is 2.43. The van der Waals surface area contributed by atoms with Crippen molar-refractivity contribution >= 4 is 22.0 Å². The molecule has 0 aromatic carbocycles. The number of pyridine rings is 1. The molecule has 0 aliphatic heterocycles. The van der Waals surface area contributed by atoms with Gasteiger partial charge in [0.25, 0.3) is 0 Å². The van der Waals surface area contributed by atoms with E-state index in [0.717, 1.165) is 11.8 Å². The fraction of sp³-hybridized carbons (Fsp3) is 0.222. The van der Waals surface area contributed by atoms with E-state index in [1.807, 2.05) is 6.08 Å². The lowest BCUT2D eigenvalue weighted by atomic mass is 10.2. The first kappa shape index (κ1) is 10.3. The number of hydrogen-bond donors (Lipinski definition) is 0. The molecular formula is C9H8BrF2N. The molecule has 0 radical (unpaired) electrons. The number of hydrogen-bond acceptors (Lipinski definition) is 1. The molecule has 0 aliphatic rings. The highest BCUT2D eigenvalue weighted by Crippen LogP contribution is 2.06. The van der Waals surface area contributed by atoms with Crippen LogP contribution >= 0.6 is 15.9 Å². The summed E-state index contributed by atoms with van der Waals surface area (Å²) < 4.78 is 25.1. The Hall–Kier alpha value is -0.770. The third kappa shape index (κ3) is 3.63. The molecule has 0 N–H and O–H groups in total. The van der Waals surface area contributed by atoms with Gasteiger partial charge >= 0.3 is 0 Å². The van der Waals surface area contributed by atoms with Crippen molar-refractivity contribution in [1.29, 1.82) is 0 Å². The Kier molecular flexibility index (Phi) is 4.02. The summed E-state index contributed by atoms with van der Waals surface area (Å²) in [5.41, 5.74) is 0.492. The summed E-state index contributed by atoms with van der Waals surface area (Å²) in [4.78, 5) is 2.99. The Morgan fingerprint density at radius 3 is 2.46 bits per heavy atom. The fourth-order valence-corrected chi connectivity index (χ4v) is 1.13. The van der Waals surface area contributed by atoms with Crippen LogP contribution in [-0.2, 0) is 0 Å². The summed E-state index contributed by atoms with van der Waals surface area (Å²) in [6.07, 6.45) is 4.32. The maximum Gasteiger partial charge on any atom is 0.216 e. The van der Waals surface area contributed by atoms with Crippen LogP contribution in [-0.4, -0.2) is 10.3 Å². The van der Waals surface area contributed by atoms with Gasteiger partial charge in [-0.3, -0.25) is 0 Å². The summed E-state index contributed by atoms with van der Waals surface area (Å²) in [6.45, 7) is 0. The van der Waals surface area contributed by atoms with Gasteiger partial charge in [0.15, 0.2) is 0 Å². The molecule has 1 rings (SSSR count). The third-order valence-corrected chi connectivity index (χ3v) is 1.83. The Balaban J connectivity index is 2.77. The fourth-order valence-electron chi connectivity index (χ4n) is 0.862. The average Bonchev–Trinajstić information content (AvgIpc) is 2.03. The smallest absolute Gasteiger partial charge is 0.191 e. The monoisotopic (exact) mass is 247 g/mol. The predicted octanol–water partition coefficient (Wildman–Crippen LogP) is 3.16. The third-order valence-electron chi connectivity index (χ3n) is 1.37. The van der Waals surface area contributed by atoms with Crippen LogP contribution in [0, 0.1) is 11.9 Å². The van der Waals surface area contributed by atoms with Crippen molar-refractivity contribution in [2.24, 2.45) is 0 Å². The molecule has 0 aliphatic carbocycles. The Bertz CT molecular complexity index is 292. The highest BCUT2D eigenvalue weighted by molar-refractivity contribution is 9.09. The van der Waals surface area contributed by atoms with E-state index in [9.17, 15) is 8.78 Å². The van der Waals surface area contributed by atoms with Crippen LogP contribution in [0.25, 0.3) is 6.08 Å². The molecule has 0 bridgehead atoms. The van der Waals surface area contributed by atoms with Gasteiger partial charge < -0.3 is 0 Å². The van der Waals surface area contributed by atoms with Crippen molar-refractivity contribution in [3.05, 3.63) is 35.7 Å². The van der Waals surface area contributed by atoms with Crippen molar-refractivity contribution in [2.75, 3.05) is 5.33 Å². The summed E-state index contributed by atoms with van der Waals surface area (Å²) in [7, 11) is 0. The molecule has 1 nitrogen and oxygen atoms in total. The average molecular weight is 248 g/mol. The largest absolute Gasteiger partial charge is 0.216 e. The number of halogens is 3. The van der Waals surface area contributed by atoms with Gasteiger partial charge in [0.1, 0.15) is 0 Å². The molecule has 1 aromatic rings. The first-order valence-corrected chi connectivity index (χ1v) is 4.90. The molecule has 70 valence electrons. The van der Waals surface area contributed by atoms with Crippen LogP contribution in [0.4, 0.5) is 8.78 Å². The maximum absolute atomic E-state index is 12.5. The van der Waals surface area contributed by atoms with Gasteiger partial charge in [-0.1, -0.05) is 28.1 Å². The highest BCUT2D eigenvalue weighted by Gasteiger charge is 1.97. The van der Waals surface area contributed by atoms with E-state index in [1.165, 1.54) is 12.1 Å². The molecule has 0 atom stereocenters. The number of alkyl halides is 1. The SMILES string of the molecule is Fc1cc(C=CCCBr)cc(F)n1. The van der Waals surface area contributed by atoms with Crippen molar-refractivity contribution in [1.82, 2.24) is 4.98 Å². The van der Waals surface area contributed by atoms with Gasteiger partial charge in [-0.2, -0.15) is 13.8 Å². The van der Waals surface area contributed by atoms with Gasteiger partial charge in [-0.25, -0.2) is 0 Å². The van der Waals surface area contributed by atoms with Crippen LogP contribution in [0.15, 0.2) is 18.2 Å². The molecule has 13 heavy (non-hydrogen) atoms. The zero-order valence-corrected chi connectivity index (χ0v) is 8.39. The standard InChI is InChI=1S/C9H8BrF2N/c10-4-2-1-3-7-5-8(11)13-9(12)6-7/h1,3,5-6H,2,4H2. The van der Waals surface area contributed by atoms with Crippen LogP contribution in [0.3, 0.4) is 0 Å². The minimum atomic E-state index is -0.793. The lowest BCUT2D eigenvalue weighted by Crippen LogP contribution is -1.88. The zero-order valence-electron chi connectivity index (χ0n) is 6.80. The highest BCUT2D eigenvalue weighted by atomic mass is 79.9. The van der Waals surface area contributed by atoms with Crippen molar-refractivity contribution in [3.63, 3.8) is 0 Å². The predicted molar refractivity (Wildman–Crippen MR) is 51.6 cm³/mol. The van der Waals surface area contributed by atoms with Gasteiger partial charge in [0.2, 0.25) is 11.9 Å². The summed E-state index contributed by atoms with van der Waals surface area (Å²) in [6, 6.07) is 2.38. The van der Waals surface area contributed by atoms with Crippen molar-refractivity contribution in [2.45, 2.75) is 6.42 Å². The quantitative estimate of drug-likeness (QED) is 0.591. The molecule has 0 spiro atoms. The van der Waals surface area contributed by atoms with E-state index in [2.05, 4.69) is 20.9 Å². The number of aromatic nitrogens is 1. The van der Waals surface area contributed by atoms with Crippen LogP contribution in [0.1, 0.15) is 12.0 Å². The molecule has 0 unspecified atom stereocenters. The van der Waals surface area contributed by atoms with E-state index in [0.29, 0.717) is 5.56 Å². The topological polar surface area (TPSA) is 12.9 Å². The van der Waals surface area contributed by atoms with E-state index >= 15 is 0 Å². The number of rotatable bonds is 3. The minimum absolute atomic E-state index is 0.492. The van der Waals surface area contributed by atoms with Crippen molar-refractivity contribution in [3.8, 4) is 0 Å². The number of allylic oxidation sites excluding steroid dienone is 1. The first-order chi connectivity index (χ1) is 6.22. The normalized spacial score (nSPS) is 11.0. The molecule has 4 heteroatoms. The van der Waals surface area contributed by atoms with E-state index in [-0.39, 0.29) is 0 Å². The summed E-state index contributed by atoms with van der Waals surface area (Å²) in [5, 5.41) is 0.833. The molecule has 0 amide bonds. The van der Waals surface area contributed by atoms with E-state index in [4.69, 9.17) is 0 Å². The second kappa shape index (κ2) is 5.07. The Labute approximate surface area is 83.6 Å². The van der Waals surface area contributed by atoms with Gasteiger partial charge in [-0.05, 0) is 12.0 Å². The van der Waals surface area contributed by atoms with Crippen LogP contribution in [0.5, 0.6) is 0 Å². The Morgan fingerprint density at radius 1 is 1.31 bits per heavy atom. The van der Waals surface area contributed by atoms with E-state index < -0.39 is 11.9 Å². The molecule has 1 aromatic heterocycles. The van der Waals surface area contributed by atoms with Gasteiger partial charge in [0.05, 0.1) is 0 Å². The van der Waals surface area contributed by atoms with Crippen molar-refractivity contribution < 1.29 is 8.78 Å². The van der Waals surface area contributed by atoms with Gasteiger partial charge in [-0.15, -0.1) is 0 Å². The Morgan fingerprint density at radius 2 is 1.92 bits per heavy atom. The number of nitrogens with zero attached hydrogens (tertiary/aromatic N) is 1. The molecule has 1 heterocycles. The molecular weight excluding hydrogens is 240 g/mol. The van der Waals surface area contributed by atoms with E-state index in [1.54, 1.807) is 6.08 Å². The zero-order chi connectivity index (χ0) is 9.68. The second-order valence-corrected chi connectivity index (χ2v) is 3.22. The maximum atomic E-state index is 12.5. The molecule has 0 saturated carbocycles. The minimum Gasteiger partial charge on any atom is -0.191 e. The lowest BCUT2D eigenvalue weighted by molar-refractivity contribution is 0.512. The molecule has 0 saturated heterocycles. The lowest BCUT2D eigenvalue weighted by Gasteiger charge is -1.93. The summed E-state index contributed by atoms with van der Waals surface area (Å²) >= 11 is 3.24. The van der Waals surface area contributed by atoms with Gasteiger partial charge in [0, 0.05) is 17.5 Å².